The van der Waals surface area contributed by atoms with Crippen LogP contribution in [-0.4, -0.2) is 56.2 Å². The van der Waals surface area contributed by atoms with E-state index in [0.717, 1.165) is 0 Å². The topological polar surface area (TPSA) is 108 Å². The molecule has 1 rings (SSSR count). The molecule has 0 bridgehead atoms. The monoisotopic (exact) mass is 373 g/mol. The van der Waals surface area contributed by atoms with Gasteiger partial charge in [-0.1, -0.05) is 13.8 Å². The molecule has 1 aromatic rings. The number of rotatable bonds is 9. The first kappa shape index (κ1) is 21.2. The van der Waals surface area contributed by atoms with Crippen molar-refractivity contribution < 1.29 is 23.1 Å². The van der Waals surface area contributed by atoms with Crippen LogP contribution in [0.15, 0.2) is 23.1 Å². The first-order valence-corrected chi connectivity index (χ1v) is 9.69. The average molecular weight is 373 g/mol. The van der Waals surface area contributed by atoms with Crippen molar-refractivity contribution in [1.29, 1.82) is 0 Å². The molecule has 8 nitrogen and oxygen atoms in total. The predicted molar refractivity (Wildman–Crippen MR) is 96.4 cm³/mol. The summed E-state index contributed by atoms with van der Waals surface area (Å²) in [5.41, 5.74) is 0.248. The van der Waals surface area contributed by atoms with Gasteiger partial charge in [-0.05, 0) is 32.0 Å². The van der Waals surface area contributed by atoms with E-state index in [2.05, 4.69) is 10.6 Å². The molecule has 0 radical (unpaired) electrons. The third kappa shape index (κ3) is 5.58. The van der Waals surface area contributed by atoms with Crippen LogP contribution >= 0.6 is 0 Å². The lowest BCUT2D eigenvalue weighted by Gasteiger charge is -2.20. The van der Waals surface area contributed by atoms with E-state index in [1.165, 1.54) is 22.5 Å². The van der Waals surface area contributed by atoms with Crippen LogP contribution in [0.25, 0.3) is 0 Å². The number of nitrogens with zero attached hydrogens (tertiary/aromatic N) is 1. The van der Waals surface area contributed by atoms with Gasteiger partial charge in [-0.3, -0.25) is 0 Å². The molecule has 3 N–H and O–H groups in total. The van der Waals surface area contributed by atoms with Gasteiger partial charge in [-0.25, -0.2) is 13.2 Å². The number of nitrogens with one attached hydrogen (secondary N) is 2. The number of sulfonamides is 1. The van der Waals surface area contributed by atoms with E-state index in [4.69, 9.17) is 9.84 Å². The second-order valence-corrected chi connectivity index (χ2v) is 7.30. The van der Waals surface area contributed by atoms with Crippen molar-refractivity contribution in [1.82, 2.24) is 9.62 Å². The van der Waals surface area contributed by atoms with Gasteiger partial charge in [-0.15, -0.1) is 0 Å². The van der Waals surface area contributed by atoms with Gasteiger partial charge >= 0.3 is 6.03 Å². The Hall–Kier alpha value is -1.84. The minimum atomic E-state index is -3.65. The molecule has 1 atom stereocenters. The SMILES string of the molecule is CCOc1ccc(S(=O)(=O)N(CC)CC)cc1NC(=O)NC(C)CO. The highest BCUT2D eigenvalue weighted by Crippen LogP contribution is 2.29. The second-order valence-electron chi connectivity index (χ2n) is 5.36. The second kappa shape index (κ2) is 9.59. The van der Waals surface area contributed by atoms with Crippen molar-refractivity contribution in [3.05, 3.63) is 18.2 Å². The highest BCUT2D eigenvalue weighted by molar-refractivity contribution is 7.89. The fourth-order valence-corrected chi connectivity index (χ4v) is 3.67. The number of benzene rings is 1. The molecule has 142 valence electrons. The molecular weight excluding hydrogens is 346 g/mol. The molecule has 0 spiro atoms. The van der Waals surface area contributed by atoms with Crippen LogP contribution in [0.2, 0.25) is 0 Å². The molecule has 9 heteroatoms. The Kier molecular flexibility index (Phi) is 8.14. The third-order valence-electron chi connectivity index (χ3n) is 3.49. The van der Waals surface area contributed by atoms with E-state index < -0.39 is 22.1 Å². The summed E-state index contributed by atoms with van der Waals surface area (Å²) in [7, 11) is -3.65. The molecule has 0 fully saturated rings. The smallest absolute Gasteiger partial charge is 0.319 e. The number of carbonyl (C=O) groups excluding carboxylic acids is 1. The number of aliphatic hydroxyl groups is 1. The lowest BCUT2D eigenvalue weighted by atomic mass is 10.3. The molecule has 0 heterocycles. The molecule has 25 heavy (non-hydrogen) atoms. The highest BCUT2D eigenvalue weighted by atomic mass is 32.2. The fraction of sp³-hybridized carbons (Fsp3) is 0.562. The Morgan fingerprint density at radius 3 is 2.44 bits per heavy atom. The lowest BCUT2D eigenvalue weighted by molar-refractivity contribution is 0.229. The van der Waals surface area contributed by atoms with Crippen LogP contribution in [0.1, 0.15) is 27.7 Å². The quantitative estimate of drug-likeness (QED) is 0.610. The Morgan fingerprint density at radius 1 is 1.28 bits per heavy atom. The van der Waals surface area contributed by atoms with E-state index in [-0.39, 0.29) is 17.2 Å². The summed E-state index contributed by atoms with van der Waals surface area (Å²) in [6, 6.07) is 3.36. The Balaban J connectivity index is 3.19. The van der Waals surface area contributed by atoms with Gasteiger partial charge < -0.3 is 20.5 Å². The zero-order valence-electron chi connectivity index (χ0n) is 15.1. The van der Waals surface area contributed by atoms with E-state index in [1.54, 1.807) is 27.7 Å². The van der Waals surface area contributed by atoms with Crippen LogP contribution in [0.4, 0.5) is 10.5 Å². The molecule has 1 unspecified atom stereocenters. The minimum absolute atomic E-state index is 0.0742. The van der Waals surface area contributed by atoms with Crippen LogP contribution in [0, 0.1) is 0 Å². The van der Waals surface area contributed by atoms with Crippen molar-refractivity contribution in [2.24, 2.45) is 0 Å². The minimum Gasteiger partial charge on any atom is -0.492 e. The van der Waals surface area contributed by atoms with Crippen LogP contribution in [0.5, 0.6) is 5.75 Å². The van der Waals surface area contributed by atoms with Gasteiger partial charge in [0.25, 0.3) is 0 Å². The molecule has 0 aliphatic carbocycles. The number of hydrogen-bond acceptors (Lipinski definition) is 5. The van der Waals surface area contributed by atoms with Crippen molar-refractivity contribution in [2.75, 3.05) is 31.6 Å². The third-order valence-corrected chi connectivity index (χ3v) is 5.54. The summed E-state index contributed by atoms with van der Waals surface area (Å²) in [6.07, 6.45) is 0. The Bertz CT molecular complexity index is 674. The summed E-state index contributed by atoms with van der Waals surface area (Å²) in [6.45, 7) is 7.82. The number of amides is 2. The van der Waals surface area contributed by atoms with Crippen molar-refractivity contribution in [3.8, 4) is 5.75 Å². The van der Waals surface area contributed by atoms with Crippen molar-refractivity contribution in [3.63, 3.8) is 0 Å². The zero-order chi connectivity index (χ0) is 19.0. The van der Waals surface area contributed by atoms with Crippen LogP contribution < -0.4 is 15.4 Å². The van der Waals surface area contributed by atoms with Gasteiger partial charge in [-0.2, -0.15) is 4.31 Å². The number of carbonyl (C=O) groups is 1. The molecule has 0 saturated heterocycles. The molecule has 1 aromatic carbocycles. The maximum atomic E-state index is 12.6. The molecule has 0 aliphatic heterocycles. The fourth-order valence-electron chi connectivity index (χ4n) is 2.19. The maximum Gasteiger partial charge on any atom is 0.319 e. The molecule has 0 aliphatic rings. The normalized spacial score (nSPS) is 12.7. The Labute approximate surface area is 149 Å². The molecule has 2 amide bonds. The number of urea groups is 1. The van der Waals surface area contributed by atoms with Gasteiger partial charge in [0.15, 0.2) is 0 Å². The van der Waals surface area contributed by atoms with Crippen LogP contribution in [-0.2, 0) is 10.0 Å². The van der Waals surface area contributed by atoms with Gasteiger partial charge in [0.1, 0.15) is 5.75 Å². The van der Waals surface area contributed by atoms with Gasteiger partial charge in [0.2, 0.25) is 10.0 Å². The maximum absolute atomic E-state index is 12.6. The standard InChI is InChI=1S/C16H27N3O5S/c1-5-19(6-2)25(22,23)13-8-9-15(24-7-3)14(10-13)18-16(21)17-12(4)11-20/h8-10,12,20H,5-7,11H2,1-4H3,(H2,17,18,21). The summed E-state index contributed by atoms with van der Waals surface area (Å²) < 4.78 is 32.1. The number of ether oxygens (including phenoxy) is 1. The van der Waals surface area contributed by atoms with Crippen molar-refractivity contribution in [2.45, 2.75) is 38.6 Å². The van der Waals surface area contributed by atoms with E-state index in [9.17, 15) is 13.2 Å². The number of hydrogen-bond donors (Lipinski definition) is 3. The highest BCUT2D eigenvalue weighted by Gasteiger charge is 2.23. The average Bonchev–Trinajstić information content (AvgIpc) is 2.57. The zero-order valence-corrected chi connectivity index (χ0v) is 15.9. The summed E-state index contributed by atoms with van der Waals surface area (Å²) >= 11 is 0. The summed E-state index contributed by atoms with van der Waals surface area (Å²) in [5, 5.41) is 14.1. The summed E-state index contributed by atoms with van der Waals surface area (Å²) in [4.78, 5) is 12.1. The van der Waals surface area contributed by atoms with E-state index in [1.807, 2.05) is 0 Å². The van der Waals surface area contributed by atoms with Crippen LogP contribution in [0.3, 0.4) is 0 Å². The number of anilines is 1. The number of aliphatic hydroxyl groups excluding tert-OH is 1. The summed E-state index contributed by atoms with van der Waals surface area (Å²) in [5.74, 6) is 0.368. The van der Waals surface area contributed by atoms with E-state index >= 15 is 0 Å². The van der Waals surface area contributed by atoms with E-state index in [0.29, 0.717) is 25.4 Å². The lowest BCUT2D eigenvalue weighted by Crippen LogP contribution is -2.38. The van der Waals surface area contributed by atoms with Crippen molar-refractivity contribution >= 4 is 21.7 Å². The molecule has 0 saturated carbocycles. The largest absolute Gasteiger partial charge is 0.492 e. The first-order valence-electron chi connectivity index (χ1n) is 8.25. The van der Waals surface area contributed by atoms with Gasteiger partial charge in [0, 0.05) is 13.1 Å². The Morgan fingerprint density at radius 2 is 1.92 bits per heavy atom. The van der Waals surface area contributed by atoms with Gasteiger partial charge in [0.05, 0.1) is 29.8 Å². The first-order chi connectivity index (χ1) is 11.8. The molecular formula is C16H27N3O5S. The predicted octanol–water partition coefficient (Wildman–Crippen LogP) is 1.62. The molecule has 0 aromatic heterocycles.